The predicted octanol–water partition coefficient (Wildman–Crippen LogP) is 6.52. The summed E-state index contributed by atoms with van der Waals surface area (Å²) in [6, 6.07) is 12.7. The maximum absolute atomic E-state index is 15.9. The molecule has 384 valence electrons. The fourth-order valence-corrected chi connectivity index (χ4v) is 11.9. The molecule has 5 aliphatic rings. The molecule has 2 aromatic carbocycles. The van der Waals surface area contributed by atoms with Crippen LogP contribution in [0.15, 0.2) is 71.8 Å². The average Bonchev–Trinajstić information content (AvgIpc) is 3.81. The number of amides is 4. The van der Waals surface area contributed by atoms with Gasteiger partial charge < -0.3 is 14.8 Å². The normalized spacial score (nSPS) is 21.7. The first-order chi connectivity index (χ1) is 34.9. The number of carbonyl (C=O) groups excluding carboxylic acids is 4. The molecule has 3 saturated heterocycles. The number of rotatable bonds is 11. The summed E-state index contributed by atoms with van der Waals surface area (Å²) in [5.74, 6) is -2.95. The molecule has 5 aliphatic heterocycles. The number of nitrogens with zero attached hydrogens (tertiary/aromatic N) is 8. The fraction of sp³-hybridized carbons (Fsp3) is 0.455. The minimum Gasteiger partial charge on any atom is -0.386 e. The maximum atomic E-state index is 15.9. The van der Waals surface area contributed by atoms with Gasteiger partial charge in [0.25, 0.3) is 11.5 Å². The van der Waals surface area contributed by atoms with Gasteiger partial charge in [-0.3, -0.25) is 53.5 Å². The number of hydrogen-bond donors (Lipinski definition) is 2. The van der Waals surface area contributed by atoms with Crippen molar-refractivity contribution in [3.63, 3.8) is 0 Å². The molecule has 15 nitrogen and oxygen atoms in total. The topological polar surface area (TPSA) is 148 Å². The summed E-state index contributed by atoms with van der Waals surface area (Å²) in [7, 11) is 3.44. The Balaban J connectivity index is 0.719. The number of halogens is 3. The monoisotopic (exact) mass is 1000 g/mol. The molecule has 0 radical (unpaired) electrons. The van der Waals surface area contributed by atoms with Crippen LogP contribution in [0.3, 0.4) is 0 Å². The van der Waals surface area contributed by atoms with E-state index >= 15 is 8.78 Å². The number of aryl methyl sites for hydroxylation is 1. The molecule has 2 N–H and O–H groups in total. The molecule has 10 rings (SSSR count). The van der Waals surface area contributed by atoms with E-state index < -0.39 is 40.4 Å². The van der Waals surface area contributed by atoms with Crippen LogP contribution >= 0.6 is 0 Å². The molecular formula is C55H63F3N10O5. The molecule has 73 heavy (non-hydrogen) atoms. The fourth-order valence-electron chi connectivity index (χ4n) is 11.9. The third kappa shape index (κ3) is 9.26. The third-order valence-electron chi connectivity index (χ3n) is 16.2. The quantitative estimate of drug-likeness (QED) is 0.140. The number of nitrogens with one attached hydrogen (secondary N) is 2. The predicted molar refractivity (Wildman–Crippen MR) is 273 cm³/mol. The van der Waals surface area contributed by atoms with Crippen molar-refractivity contribution in [3.05, 3.63) is 123 Å². The molecule has 0 aliphatic carbocycles. The number of hydrogen-bond acceptors (Lipinski definition) is 10. The van der Waals surface area contributed by atoms with Crippen molar-refractivity contribution >= 4 is 51.6 Å². The number of piperazine rings is 1. The minimum absolute atomic E-state index is 0.00510. The first kappa shape index (κ1) is 49.9. The molecule has 5 aromatic rings. The lowest BCUT2D eigenvalue weighted by Gasteiger charge is -2.42. The van der Waals surface area contributed by atoms with Crippen molar-refractivity contribution in [3.8, 4) is 5.69 Å². The van der Waals surface area contributed by atoms with Crippen molar-refractivity contribution in [2.24, 2.45) is 13.0 Å². The average molecular weight is 1000 g/mol. The second-order valence-electron chi connectivity index (χ2n) is 21.1. The van der Waals surface area contributed by atoms with Crippen LogP contribution in [0.2, 0.25) is 0 Å². The Bertz CT molecular complexity index is 3120. The van der Waals surface area contributed by atoms with Gasteiger partial charge in [0, 0.05) is 132 Å². The Labute approximate surface area is 422 Å². The zero-order valence-electron chi connectivity index (χ0n) is 42.3. The summed E-state index contributed by atoms with van der Waals surface area (Å²) in [6.45, 7) is 14.3. The molecule has 18 heteroatoms. The van der Waals surface area contributed by atoms with Gasteiger partial charge in [-0.2, -0.15) is 0 Å². The first-order valence-electron chi connectivity index (χ1n) is 25.4. The van der Waals surface area contributed by atoms with Crippen LogP contribution in [-0.2, 0) is 33.4 Å². The standard InChI is InChI=1S/C55H63F3N10O5/c1-32-28-63(29-35-7-8-45-39(23-35)55(3,4)54(73)68(45)46-9-10-48(69)61-52(46)71)21-22-66(32)30-34-12-17-65(18-13-34)53(72)37-24-40(56)50(41(57)25-37)36-14-19-64(20-15-36)33(2)47-26-38-44(11-16-60-51(38)62(47)6)67-31-42(58)43(59-5)27-49(67)70/h7-8,11,14,16,23-27,31-34,46,59H,9-10,12-13,15,17-22,28-30H2,1-6H3,(H,61,69,71)/t32-,33-,46?/m0/s1. The number of likely N-dealkylation sites (tertiary alicyclic amines) is 1. The maximum Gasteiger partial charge on any atom is 0.257 e. The number of aromatic nitrogens is 3. The Hall–Kier alpha value is -6.63. The second-order valence-corrected chi connectivity index (χ2v) is 21.1. The number of benzene rings is 2. The van der Waals surface area contributed by atoms with Crippen LogP contribution in [0.25, 0.3) is 22.3 Å². The van der Waals surface area contributed by atoms with E-state index in [0.717, 1.165) is 68.1 Å². The van der Waals surface area contributed by atoms with Gasteiger partial charge in [0.05, 0.1) is 23.0 Å². The van der Waals surface area contributed by atoms with Gasteiger partial charge >= 0.3 is 0 Å². The number of carbonyl (C=O) groups is 4. The number of anilines is 2. The van der Waals surface area contributed by atoms with Gasteiger partial charge in [-0.1, -0.05) is 18.2 Å². The van der Waals surface area contributed by atoms with Gasteiger partial charge in [0.1, 0.15) is 23.3 Å². The molecule has 8 heterocycles. The van der Waals surface area contributed by atoms with Gasteiger partial charge in [-0.15, -0.1) is 0 Å². The van der Waals surface area contributed by atoms with Gasteiger partial charge in [0.2, 0.25) is 17.7 Å². The largest absolute Gasteiger partial charge is 0.386 e. The van der Waals surface area contributed by atoms with E-state index in [4.69, 9.17) is 0 Å². The van der Waals surface area contributed by atoms with Gasteiger partial charge in [-0.25, -0.2) is 18.2 Å². The number of fused-ring (bicyclic) bond motifs is 2. The van der Waals surface area contributed by atoms with Crippen molar-refractivity contribution in [1.29, 1.82) is 0 Å². The highest BCUT2D eigenvalue weighted by atomic mass is 19.1. The highest BCUT2D eigenvalue weighted by Crippen LogP contribution is 2.44. The van der Waals surface area contributed by atoms with E-state index in [9.17, 15) is 28.4 Å². The third-order valence-corrected chi connectivity index (χ3v) is 16.2. The summed E-state index contributed by atoms with van der Waals surface area (Å²) in [4.78, 5) is 80.0. The number of pyridine rings is 2. The van der Waals surface area contributed by atoms with Crippen molar-refractivity contribution < 1.29 is 32.3 Å². The highest BCUT2D eigenvalue weighted by molar-refractivity contribution is 6.13. The zero-order valence-corrected chi connectivity index (χ0v) is 42.3. The SMILES string of the molecule is CNc1cc(=O)n(-c2ccnc3c2cc([C@H](C)N2CC=C(c4c(F)cc(C(=O)N5CCC(CN6CCN(Cc7ccc8c(c7)C(C)(C)C(=O)N8C7CCC(=O)NC7=O)C[C@@H]6C)CC5)cc4F)CC2)n3C)cc1F. The van der Waals surface area contributed by atoms with Crippen molar-refractivity contribution in [1.82, 2.24) is 39.0 Å². The second kappa shape index (κ2) is 19.7. The molecule has 0 saturated carbocycles. The number of piperidine rings is 2. The summed E-state index contributed by atoms with van der Waals surface area (Å²) >= 11 is 0. The lowest BCUT2D eigenvalue weighted by Crippen LogP contribution is -2.55. The Morgan fingerprint density at radius 2 is 1.66 bits per heavy atom. The lowest BCUT2D eigenvalue weighted by molar-refractivity contribution is -0.136. The van der Waals surface area contributed by atoms with E-state index in [2.05, 4.69) is 43.3 Å². The van der Waals surface area contributed by atoms with Crippen molar-refractivity contribution in [2.45, 2.75) is 89.9 Å². The van der Waals surface area contributed by atoms with Crippen LogP contribution in [0.5, 0.6) is 0 Å². The van der Waals surface area contributed by atoms with Crippen molar-refractivity contribution in [2.75, 3.05) is 69.6 Å². The van der Waals surface area contributed by atoms with Crippen LogP contribution in [-0.4, -0.2) is 129 Å². The Morgan fingerprint density at radius 3 is 2.34 bits per heavy atom. The van der Waals surface area contributed by atoms with Crippen LogP contribution < -0.4 is 21.1 Å². The zero-order chi connectivity index (χ0) is 51.6. The highest BCUT2D eigenvalue weighted by Gasteiger charge is 2.49. The molecule has 4 amide bonds. The summed E-state index contributed by atoms with van der Waals surface area (Å²) in [6.07, 6.45) is 7.08. The van der Waals surface area contributed by atoms with E-state index in [-0.39, 0.29) is 47.0 Å². The summed E-state index contributed by atoms with van der Waals surface area (Å²) in [5, 5.41) is 5.77. The molecule has 3 aromatic heterocycles. The van der Waals surface area contributed by atoms with E-state index in [0.29, 0.717) is 73.3 Å². The first-order valence-corrected chi connectivity index (χ1v) is 25.4. The number of imide groups is 1. The molecule has 0 spiro atoms. The van der Waals surface area contributed by atoms with Gasteiger partial charge in [0.15, 0.2) is 5.82 Å². The smallest absolute Gasteiger partial charge is 0.257 e. The summed E-state index contributed by atoms with van der Waals surface area (Å²) in [5.41, 5.74) is 4.11. The Morgan fingerprint density at radius 1 is 0.904 bits per heavy atom. The molecule has 3 atom stereocenters. The van der Waals surface area contributed by atoms with E-state index in [1.807, 2.05) is 56.7 Å². The van der Waals surface area contributed by atoms with E-state index in [1.165, 1.54) is 29.0 Å². The van der Waals surface area contributed by atoms with Crippen LogP contribution in [0.4, 0.5) is 24.5 Å². The van der Waals surface area contributed by atoms with Crippen LogP contribution in [0.1, 0.15) is 98.6 Å². The summed E-state index contributed by atoms with van der Waals surface area (Å²) < 4.78 is 49.8. The lowest BCUT2D eigenvalue weighted by atomic mass is 9.85. The Kier molecular flexibility index (Phi) is 13.4. The molecule has 3 fully saturated rings. The molecule has 1 unspecified atom stereocenters. The van der Waals surface area contributed by atoms with Crippen LogP contribution in [0, 0.1) is 23.4 Å². The molecule has 0 bridgehead atoms. The minimum atomic E-state index is -0.805. The molecular weight excluding hydrogens is 938 g/mol. The van der Waals surface area contributed by atoms with E-state index in [1.54, 1.807) is 29.1 Å². The van der Waals surface area contributed by atoms with Gasteiger partial charge in [-0.05, 0) is 106 Å².